The van der Waals surface area contributed by atoms with E-state index >= 15 is 0 Å². The molecular weight excluding hydrogens is 480 g/mol. The summed E-state index contributed by atoms with van der Waals surface area (Å²) in [5.74, 6) is 0. The fourth-order valence-electron chi connectivity index (χ4n) is 7.72. The van der Waals surface area contributed by atoms with Crippen LogP contribution in [0.15, 0.2) is 121 Å². The Morgan fingerprint density at radius 3 is 0.650 bits per heavy atom. The molecule has 10 rings (SSSR count). The van der Waals surface area contributed by atoms with Gasteiger partial charge in [-0.3, -0.25) is 0 Å². The van der Waals surface area contributed by atoms with E-state index < -0.39 is 0 Å². The fourth-order valence-corrected chi connectivity index (χ4v) is 7.72. The molecule has 188 valence electrons. The first-order chi connectivity index (χ1) is 19.9. The molecule has 8 aromatic rings. The van der Waals surface area contributed by atoms with Gasteiger partial charge in [-0.05, 0) is 113 Å². The van der Waals surface area contributed by atoms with E-state index in [1.165, 1.54) is 86.9 Å². The average molecular weight is 509 g/mol. The van der Waals surface area contributed by atoms with Crippen molar-refractivity contribution in [2.24, 2.45) is 0 Å². The molecule has 0 spiro atoms. The summed E-state index contributed by atoms with van der Waals surface area (Å²) in [6, 6.07) is 45.9. The van der Waals surface area contributed by atoms with Crippen molar-refractivity contribution in [1.29, 1.82) is 0 Å². The Balaban J connectivity index is 1.40. The fraction of sp³-hybridized carbons (Fsp3) is 0.100. The summed E-state index contributed by atoms with van der Waals surface area (Å²) in [6.07, 6.45) is 4.09. The predicted octanol–water partition coefficient (Wildman–Crippen LogP) is 10.5. The van der Waals surface area contributed by atoms with Crippen LogP contribution in [0.3, 0.4) is 0 Å². The third-order valence-electron chi connectivity index (χ3n) is 9.45. The summed E-state index contributed by atoms with van der Waals surface area (Å²) in [5.41, 5.74) is 5.85. The van der Waals surface area contributed by atoms with Crippen LogP contribution in [0.1, 0.15) is 22.3 Å². The second-order valence-electron chi connectivity index (χ2n) is 11.4. The average Bonchev–Trinajstić information content (AvgIpc) is 3.02. The molecule has 0 heterocycles. The van der Waals surface area contributed by atoms with Crippen molar-refractivity contribution < 1.29 is 0 Å². The van der Waals surface area contributed by atoms with E-state index in [1.54, 1.807) is 0 Å². The second kappa shape index (κ2) is 8.41. The van der Waals surface area contributed by atoms with Gasteiger partial charge in [-0.25, -0.2) is 0 Å². The highest BCUT2D eigenvalue weighted by Crippen LogP contribution is 2.42. The topological polar surface area (TPSA) is 0 Å². The highest BCUT2D eigenvalue weighted by molar-refractivity contribution is 6.28. The number of benzene rings is 8. The third kappa shape index (κ3) is 3.02. The molecule has 2 aliphatic carbocycles. The Labute approximate surface area is 233 Å². The van der Waals surface area contributed by atoms with E-state index in [0.717, 1.165) is 25.7 Å². The maximum atomic E-state index is 2.43. The number of aryl methyl sites for hydroxylation is 4. The molecule has 0 heteroatoms. The van der Waals surface area contributed by atoms with Gasteiger partial charge in [-0.15, -0.1) is 0 Å². The molecule has 2 aliphatic rings. The lowest BCUT2D eigenvalue weighted by atomic mass is 9.82. The lowest BCUT2D eigenvalue weighted by molar-refractivity contribution is 0.950. The summed E-state index contributed by atoms with van der Waals surface area (Å²) in [4.78, 5) is 0. The van der Waals surface area contributed by atoms with Gasteiger partial charge in [0.2, 0.25) is 0 Å². The van der Waals surface area contributed by atoms with Crippen LogP contribution in [-0.2, 0) is 25.7 Å². The predicted molar refractivity (Wildman–Crippen MR) is 173 cm³/mol. The van der Waals surface area contributed by atoms with E-state index in [0.29, 0.717) is 0 Å². The van der Waals surface area contributed by atoms with Crippen molar-refractivity contribution >= 4 is 64.6 Å². The van der Waals surface area contributed by atoms with Gasteiger partial charge >= 0.3 is 0 Å². The molecule has 0 atom stereocenters. The second-order valence-corrected chi connectivity index (χ2v) is 11.4. The molecule has 0 fully saturated rings. The normalized spacial score (nSPS) is 13.6. The summed E-state index contributed by atoms with van der Waals surface area (Å²) in [5, 5.41) is 16.8. The van der Waals surface area contributed by atoms with Crippen LogP contribution < -0.4 is 0 Å². The van der Waals surface area contributed by atoms with Gasteiger partial charge in [0.05, 0.1) is 0 Å². The van der Waals surface area contributed by atoms with Crippen molar-refractivity contribution in [3.63, 3.8) is 0 Å². The van der Waals surface area contributed by atoms with Gasteiger partial charge in [-0.1, -0.05) is 121 Å². The molecule has 0 radical (unpaired) electrons. The van der Waals surface area contributed by atoms with Crippen LogP contribution in [0.5, 0.6) is 0 Å². The highest BCUT2D eigenvalue weighted by atomic mass is 14.2. The van der Waals surface area contributed by atoms with Crippen LogP contribution >= 0.6 is 0 Å². The molecule has 8 aromatic carbocycles. The highest BCUT2D eigenvalue weighted by Gasteiger charge is 2.19. The zero-order valence-electron chi connectivity index (χ0n) is 22.4. The lowest BCUT2D eigenvalue weighted by Crippen LogP contribution is -2.03. The minimum absolute atomic E-state index is 1.02. The number of hydrogen-bond donors (Lipinski definition) is 0. The molecule has 0 saturated carbocycles. The molecule has 0 aromatic heterocycles. The van der Waals surface area contributed by atoms with Crippen molar-refractivity contribution in [3.05, 3.63) is 144 Å². The monoisotopic (exact) mass is 508 g/mol. The molecular formula is C40H28. The molecule has 0 aliphatic heterocycles. The summed E-state index contributed by atoms with van der Waals surface area (Å²) in [7, 11) is 0. The Bertz CT molecular complexity index is 1990. The minimum Gasteiger partial charge on any atom is -0.0616 e. The zero-order valence-corrected chi connectivity index (χ0v) is 22.4. The lowest BCUT2D eigenvalue weighted by Gasteiger charge is -2.21. The molecule has 0 saturated heterocycles. The maximum absolute atomic E-state index is 2.43. The first kappa shape index (κ1) is 22.2. The number of fused-ring (bicyclic) bond motifs is 12. The molecule has 40 heavy (non-hydrogen) atoms. The van der Waals surface area contributed by atoms with Crippen molar-refractivity contribution in [1.82, 2.24) is 0 Å². The van der Waals surface area contributed by atoms with Gasteiger partial charge in [-0.2, -0.15) is 0 Å². The quantitative estimate of drug-likeness (QED) is 0.179. The van der Waals surface area contributed by atoms with Crippen LogP contribution in [0.25, 0.3) is 64.6 Å². The van der Waals surface area contributed by atoms with Gasteiger partial charge in [0.25, 0.3) is 0 Å². The van der Waals surface area contributed by atoms with Crippen LogP contribution in [0.4, 0.5) is 0 Å². The zero-order chi connectivity index (χ0) is 26.2. The van der Waals surface area contributed by atoms with Crippen molar-refractivity contribution in [3.8, 4) is 0 Å². The van der Waals surface area contributed by atoms with Crippen molar-refractivity contribution in [2.75, 3.05) is 0 Å². The minimum atomic E-state index is 1.02. The number of rotatable bonds is 0. The Hall–Kier alpha value is -4.68. The molecule has 0 amide bonds. The summed E-state index contributed by atoms with van der Waals surface area (Å²) >= 11 is 0. The summed E-state index contributed by atoms with van der Waals surface area (Å²) in [6.45, 7) is 0. The summed E-state index contributed by atoms with van der Waals surface area (Å²) < 4.78 is 0. The Morgan fingerprint density at radius 2 is 0.425 bits per heavy atom. The van der Waals surface area contributed by atoms with E-state index in [-0.39, 0.29) is 0 Å². The molecule has 0 nitrogen and oxygen atoms in total. The van der Waals surface area contributed by atoms with Gasteiger partial charge in [0, 0.05) is 0 Å². The van der Waals surface area contributed by atoms with Crippen LogP contribution in [0.2, 0.25) is 0 Å². The molecule has 0 N–H and O–H groups in total. The van der Waals surface area contributed by atoms with Gasteiger partial charge in [0.15, 0.2) is 0 Å². The standard InChI is InChI=1S/C40H28/c1-5-13-33-29(9-1)30-10-2-6-14-34(30)38-26-18-17-25(37(33)38)21-22-27-19-20-28(24-23-26)40-36-16-8-4-12-32(36)31-11-3-7-15-35(31)39(27)40/h1-20H,21-24H2. The first-order valence-corrected chi connectivity index (χ1v) is 14.5. The van der Waals surface area contributed by atoms with E-state index in [4.69, 9.17) is 0 Å². The SMILES string of the molecule is c1ccc2c(c1)c1ccccc1c1c3ccc(c21)CCc1ccc(c2c4ccccc4c4ccccc4c12)CC3. The van der Waals surface area contributed by atoms with Crippen LogP contribution in [-0.4, -0.2) is 0 Å². The third-order valence-corrected chi connectivity index (χ3v) is 9.45. The maximum Gasteiger partial charge on any atom is -0.00640 e. The smallest absolute Gasteiger partial charge is 0.00640 e. The van der Waals surface area contributed by atoms with Crippen molar-refractivity contribution in [2.45, 2.75) is 25.7 Å². The Morgan fingerprint density at radius 1 is 0.225 bits per heavy atom. The van der Waals surface area contributed by atoms with E-state index in [2.05, 4.69) is 121 Å². The van der Waals surface area contributed by atoms with Gasteiger partial charge < -0.3 is 0 Å². The van der Waals surface area contributed by atoms with Gasteiger partial charge in [0.1, 0.15) is 0 Å². The van der Waals surface area contributed by atoms with E-state index in [1.807, 2.05) is 0 Å². The van der Waals surface area contributed by atoms with Crippen LogP contribution in [0, 0.1) is 0 Å². The largest absolute Gasteiger partial charge is 0.0616 e. The first-order valence-electron chi connectivity index (χ1n) is 14.5. The van der Waals surface area contributed by atoms with E-state index in [9.17, 15) is 0 Å². The molecule has 4 bridgehead atoms. The number of hydrogen-bond acceptors (Lipinski definition) is 0. The molecule has 0 unspecified atom stereocenters. The Kier molecular flexibility index (Phi) is 4.66.